The molecular formula is C10H7BrClFN2. The summed E-state index contributed by atoms with van der Waals surface area (Å²) in [5, 5.41) is 0.103. The normalized spacial score (nSPS) is 10.7. The molecule has 0 fully saturated rings. The van der Waals surface area contributed by atoms with Gasteiger partial charge in [-0.25, -0.2) is 9.37 Å². The lowest BCUT2D eigenvalue weighted by Crippen LogP contribution is -1.94. The average molecular weight is 290 g/mol. The lowest BCUT2D eigenvalue weighted by molar-refractivity contribution is 0.629. The van der Waals surface area contributed by atoms with Gasteiger partial charge >= 0.3 is 0 Å². The smallest absolute Gasteiger partial charge is 0.152 e. The van der Waals surface area contributed by atoms with E-state index in [1.165, 1.54) is 6.07 Å². The van der Waals surface area contributed by atoms with Crippen LogP contribution in [0.25, 0.3) is 11.4 Å². The van der Waals surface area contributed by atoms with Crippen molar-refractivity contribution < 1.29 is 4.39 Å². The van der Waals surface area contributed by atoms with Crippen LogP contribution in [0.1, 0.15) is 0 Å². The second kappa shape index (κ2) is 3.94. The van der Waals surface area contributed by atoms with E-state index in [9.17, 15) is 4.39 Å². The van der Waals surface area contributed by atoms with Gasteiger partial charge in [0.25, 0.3) is 0 Å². The van der Waals surface area contributed by atoms with Crippen LogP contribution >= 0.6 is 27.5 Å². The molecule has 1 aromatic heterocycles. The summed E-state index contributed by atoms with van der Waals surface area (Å²) in [5.41, 5.74) is 0.399. The first-order valence-corrected chi connectivity index (χ1v) is 5.40. The maximum absolute atomic E-state index is 13.7. The number of halogens is 3. The first kappa shape index (κ1) is 10.6. The molecule has 1 heterocycles. The fourth-order valence-corrected chi connectivity index (χ4v) is 2.01. The van der Waals surface area contributed by atoms with Crippen LogP contribution in [0.2, 0.25) is 5.02 Å². The molecule has 0 unspecified atom stereocenters. The Hall–Kier alpha value is -0.870. The first-order chi connectivity index (χ1) is 7.09. The van der Waals surface area contributed by atoms with Crippen molar-refractivity contribution in [3.05, 3.63) is 39.8 Å². The van der Waals surface area contributed by atoms with E-state index in [1.54, 1.807) is 29.9 Å². The summed E-state index contributed by atoms with van der Waals surface area (Å²) in [4.78, 5) is 4.16. The van der Waals surface area contributed by atoms with Crippen LogP contribution in [-0.2, 0) is 7.05 Å². The molecule has 0 N–H and O–H groups in total. The Bertz CT molecular complexity index is 510. The van der Waals surface area contributed by atoms with Gasteiger partial charge in [-0.2, -0.15) is 0 Å². The number of hydrogen-bond donors (Lipinski definition) is 0. The SMILES string of the molecule is Cn1cc(Br)nc1-c1cccc(Cl)c1F. The maximum atomic E-state index is 13.7. The van der Waals surface area contributed by atoms with Crippen LogP contribution < -0.4 is 0 Å². The summed E-state index contributed by atoms with van der Waals surface area (Å²) in [6.07, 6.45) is 1.76. The standard InChI is InChI=1S/C10H7BrClFN2/c1-15-5-8(11)14-10(15)6-3-2-4-7(12)9(6)13/h2-5H,1H3. The molecule has 0 saturated carbocycles. The molecule has 0 spiro atoms. The molecule has 78 valence electrons. The topological polar surface area (TPSA) is 17.8 Å². The van der Waals surface area contributed by atoms with Crippen LogP contribution in [-0.4, -0.2) is 9.55 Å². The number of aryl methyl sites for hydroxylation is 1. The van der Waals surface area contributed by atoms with Crippen LogP contribution in [0, 0.1) is 5.82 Å². The molecule has 5 heteroatoms. The monoisotopic (exact) mass is 288 g/mol. The third-order valence-electron chi connectivity index (χ3n) is 2.04. The lowest BCUT2D eigenvalue weighted by atomic mass is 10.2. The van der Waals surface area contributed by atoms with Gasteiger partial charge in [0.2, 0.25) is 0 Å². The van der Waals surface area contributed by atoms with Crippen LogP contribution in [0.4, 0.5) is 4.39 Å². The van der Waals surface area contributed by atoms with E-state index in [0.717, 1.165) is 0 Å². The third-order valence-corrected chi connectivity index (χ3v) is 2.71. The summed E-state index contributed by atoms with van der Waals surface area (Å²) in [5.74, 6) is 0.0993. The molecule has 0 amide bonds. The highest BCUT2D eigenvalue weighted by atomic mass is 79.9. The maximum Gasteiger partial charge on any atom is 0.152 e. The highest BCUT2D eigenvalue weighted by Gasteiger charge is 2.13. The number of imidazole rings is 1. The number of nitrogens with zero attached hydrogens (tertiary/aromatic N) is 2. The van der Waals surface area contributed by atoms with Crippen LogP contribution in [0.15, 0.2) is 29.0 Å². The zero-order valence-electron chi connectivity index (χ0n) is 7.84. The summed E-state index contributed by atoms with van der Waals surface area (Å²) >= 11 is 8.94. The molecule has 0 radical (unpaired) electrons. The zero-order chi connectivity index (χ0) is 11.0. The molecule has 0 atom stereocenters. The molecule has 2 nitrogen and oxygen atoms in total. The van der Waals surface area contributed by atoms with E-state index in [-0.39, 0.29) is 5.02 Å². The Labute approximate surface area is 99.8 Å². The second-order valence-electron chi connectivity index (χ2n) is 3.10. The van der Waals surface area contributed by atoms with Crippen molar-refractivity contribution in [3.63, 3.8) is 0 Å². The fraction of sp³-hybridized carbons (Fsp3) is 0.100. The van der Waals surface area contributed by atoms with E-state index in [4.69, 9.17) is 11.6 Å². The molecular weight excluding hydrogens is 282 g/mol. The fourth-order valence-electron chi connectivity index (χ4n) is 1.36. The summed E-state index contributed by atoms with van der Waals surface area (Å²) in [7, 11) is 1.80. The van der Waals surface area contributed by atoms with Gasteiger partial charge in [0, 0.05) is 13.2 Å². The second-order valence-corrected chi connectivity index (χ2v) is 4.32. The number of rotatable bonds is 1. The summed E-state index contributed by atoms with van der Waals surface area (Å²) in [6.45, 7) is 0. The summed E-state index contributed by atoms with van der Waals surface area (Å²) < 4.78 is 16.1. The lowest BCUT2D eigenvalue weighted by Gasteiger charge is -2.03. The molecule has 2 aromatic rings. The number of hydrogen-bond acceptors (Lipinski definition) is 1. The summed E-state index contributed by atoms with van der Waals surface area (Å²) in [6, 6.07) is 4.86. The van der Waals surface area contributed by atoms with Gasteiger partial charge < -0.3 is 4.57 Å². The van der Waals surface area contributed by atoms with Crippen LogP contribution in [0.5, 0.6) is 0 Å². The van der Waals surface area contributed by atoms with Gasteiger partial charge in [0.05, 0.1) is 10.6 Å². The molecule has 0 bridgehead atoms. The third kappa shape index (κ3) is 1.92. The Morgan fingerprint density at radius 2 is 2.20 bits per heavy atom. The predicted octanol–water partition coefficient (Wildman–Crippen LogP) is 3.64. The molecule has 0 saturated heterocycles. The Morgan fingerprint density at radius 1 is 1.47 bits per heavy atom. The van der Waals surface area contributed by atoms with Crippen molar-refractivity contribution >= 4 is 27.5 Å². The van der Waals surface area contributed by atoms with Crippen molar-refractivity contribution in [2.75, 3.05) is 0 Å². The quantitative estimate of drug-likeness (QED) is 0.783. The largest absolute Gasteiger partial charge is 0.333 e. The minimum Gasteiger partial charge on any atom is -0.333 e. The minimum atomic E-state index is -0.444. The van der Waals surface area contributed by atoms with Gasteiger partial charge in [-0.3, -0.25) is 0 Å². The Balaban J connectivity index is 2.64. The molecule has 0 aliphatic carbocycles. The van der Waals surface area contributed by atoms with Gasteiger partial charge in [0.15, 0.2) is 5.82 Å². The molecule has 2 rings (SSSR count). The van der Waals surface area contributed by atoms with E-state index >= 15 is 0 Å². The van der Waals surface area contributed by atoms with Gasteiger partial charge in [-0.15, -0.1) is 0 Å². The highest BCUT2D eigenvalue weighted by Crippen LogP contribution is 2.27. The van der Waals surface area contributed by atoms with Crippen molar-refractivity contribution in [1.82, 2.24) is 9.55 Å². The molecule has 15 heavy (non-hydrogen) atoms. The molecule has 1 aromatic carbocycles. The average Bonchev–Trinajstić information content (AvgIpc) is 2.50. The van der Waals surface area contributed by atoms with Crippen molar-refractivity contribution in [1.29, 1.82) is 0 Å². The Morgan fingerprint density at radius 3 is 2.80 bits per heavy atom. The zero-order valence-corrected chi connectivity index (χ0v) is 10.2. The molecule has 0 aliphatic heterocycles. The minimum absolute atomic E-state index is 0.103. The highest BCUT2D eigenvalue weighted by molar-refractivity contribution is 9.10. The Kier molecular flexibility index (Phi) is 2.80. The first-order valence-electron chi connectivity index (χ1n) is 4.23. The number of aromatic nitrogens is 2. The van der Waals surface area contributed by atoms with Crippen molar-refractivity contribution in [2.45, 2.75) is 0 Å². The van der Waals surface area contributed by atoms with E-state index in [0.29, 0.717) is 16.0 Å². The van der Waals surface area contributed by atoms with E-state index in [2.05, 4.69) is 20.9 Å². The predicted molar refractivity (Wildman–Crippen MR) is 61.3 cm³/mol. The van der Waals surface area contributed by atoms with E-state index < -0.39 is 5.82 Å². The van der Waals surface area contributed by atoms with Crippen molar-refractivity contribution in [3.8, 4) is 11.4 Å². The van der Waals surface area contributed by atoms with Crippen molar-refractivity contribution in [2.24, 2.45) is 7.05 Å². The number of benzene rings is 1. The van der Waals surface area contributed by atoms with Gasteiger partial charge in [-0.1, -0.05) is 17.7 Å². The van der Waals surface area contributed by atoms with Gasteiger partial charge in [0.1, 0.15) is 10.4 Å². The van der Waals surface area contributed by atoms with Gasteiger partial charge in [-0.05, 0) is 28.1 Å². The molecule has 0 aliphatic rings. The van der Waals surface area contributed by atoms with Crippen LogP contribution in [0.3, 0.4) is 0 Å². The van der Waals surface area contributed by atoms with E-state index in [1.807, 2.05) is 0 Å².